The second-order valence-electron chi connectivity index (χ2n) is 12.8. The number of rotatable bonds is 24. The lowest BCUT2D eigenvalue weighted by Gasteiger charge is -2.24. The van der Waals surface area contributed by atoms with Gasteiger partial charge in [0.05, 0.1) is 32.3 Å². The second kappa shape index (κ2) is 23.0. The first kappa shape index (κ1) is 42.5. The summed E-state index contributed by atoms with van der Waals surface area (Å²) >= 11 is 0. The van der Waals surface area contributed by atoms with E-state index in [0.29, 0.717) is 44.6 Å². The van der Waals surface area contributed by atoms with Crippen molar-refractivity contribution in [1.82, 2.24) is 20.9 Å². The summed E-state index contributed by atoms with van der Waals surface area (Å²) in [7, 11) is 0. The number of benzene rings is 1. The second-order valence-corrected chi connectivity index (χ2v) is 12.8. The van der Waals surface area contributed by atoms with E-state index in [0.717, 1.165) is 12.0 Å². The van der Waals surface area contributed by atoms with E-state index in [9.17, 15) is 33.6 Å². The molecule has 1 aliphatic heterocycles. The Morgan fingerprint density at radius 2 is 1.37 bits per heavy atom. The average Bonchev–Trinajstić information content (AvgIpc) is 3.41. The summed E-state index contributed by atoms with van der Waals surface area (Å²) in [6.45, 7) is 10.4. The molecule has 0 aliphatic carbocycles. The van der Waals surface area contributed by atoms with Crippen molar-refractivity contribution in [2.24, 2.45) is 11.8 Å². The van der Waals surface area contributed by atoms with Crippen molar-refractivity contribution in [1.29, 1.82) is 0 Å². The molecule has 1 aromatic rings. The molecule has 2 rings (SSSR count). The van der Waals surface area contributed by atoms with Crippen molar-refractivity contribution in [2.45, 2.75) is 85.4 Å². The number of imide groups is 1. The van der Waals surface area contributed by atoms with Crippen molar-refractivity contribution >= 4 is 47.1 Å². The number of hydrogen-bond acceptors (Lipinski definition) is 10. The van der Waals surface area contributed by atoms with Crippen LogP contribution in [0.25, 0.3) is 0 Å². The minimum atomic E-state index is -0.880. The van der Waals surface area contributed by atoms with Crippen LogP contribution in [0.5, 0.6) is 0 Å². The van der Waals surface area contributed by atoms with E-state index in [4.69, 9.17) is 14.2 Å². The van der Waals surface area contributed by atoms with Crippen LogP contribution in [-0.4, -0.2) is 97.9 Å². The zero-order valence-corrected chi connectivity index (χ0v) is 30.3. The van der Waals surface area contributed by atoms with E-state index >= 15 is 0 Å². The van der Waals surface area contributed by atoms with Gasteiger partial charge in [0.25, 0.3) is 11.8 Å². The number of amides is 6. The van der Waals surface area contributed by atoms with Gasteiger partial charge in [-0.25, -0.2) is 0 Å². The van der Waals surface area contributed by atoms with Crippen LogP contribution in [0.4, 0.5) is 5.69 Å². The minimum absolute atomic E-state index is 0.0246. The number of unbranched alkanes of at least 4 members (excludes halogenated alkanes) is 2. The van der Waals surface area contributed by atoms with E-state index in [1.54, 1.807) is 58.9 Å². The van der Waals surface area contributed by atoms with Crippen LogP contribution in [0.1, 0.15) is 72.3 Å². The normalized spacial score (nSPS) is 13.7. The van der Waals surface area contributed by atoms with Crippen molar-refractivity contribution in [3.63, 3.8) is 0 Å². The van der Waals surface area contributed by atoms with Crippen molar-refractivity contribution in [3.05, 3.63) is 42.0 Å². The van der Waals surface area contributed by atoms with E-state index < -0.39 is 23.9 Å². The highest BCUT2D eigenvalue weighted by atomic mass is 16.5. The first-order valence-corrected chi connectivity index (χ1v) is 17.4. The Morgan fingerprint density at radius 1 is 0.725 bits per heavy atom. The Kier molecular flexibility index (Phi) is 19.2. The summed E-state index contributed by atoms with van der Waals surface area (Å²) in [4.78, 5) is 86.0. The molecular weight excluding hydrogens is 662 g/mol. The van der Waals surface area contributed by atoms with Crippen molar-refractivity contribution in [2.75, 3.05) is 44.8 Å². The maximum absolute atomic E-state index is 12.9. The molecule has 51 heavy (non-hydrogen) atoms. The van der Waals surface area contributed by atoms with Gasteiger partial charge in [0.2, 0.25) is 23.6 Å². The summed E-state index contributed by atoms with van der Waals surface area (Å²) < 4.78 is 16.1. The fourth-order valence-corrected chi connectivity index (χ4v) is 4.63. The molecular formula is C36H53N5O10. The monoisotopic (exact) mass is 715 g/mol. The van der Waals surface area contributed by atoms with Crippen molar-refractivity contribution in [3.8, 4) is 0 Å². The van der Waals surface area contributed by atoms with Crippen molar-refractivity contribution < 1.29 is 47.8 Å². The number of anilines is 1. The van der Waals surface area contributed by atoms with Crippen LogP contribution in [0.3, 0.4) is 0 Å². The number of nitrogens with zero attached hydrogens (tertiary/aromatic N) is 1. The highest BCUT2D eigenvalue weighted by Gasteiger charge is 2.27. The number of carbonyl (C=O) groups excluding carboxylic acids is 7. The summed E-state index contributed by atoms with van der Waals surface area (Å²) in [5.74, 6) is -2.77. The van der Waals surface area contributed by atoms with E-state index in [2.05, 4.69) is 21.3 Å². The summed E-state index contributed by atoms with van der Waals surface area (Å²) in [6.07, 6.45) is 4.89. The van der Waals surface area contributed by atoms with Gasteiger partial charge in [-0.2, -0.15) is 0 Å². The largest absolute Gasteiger partial charge is 0.461 e. The number of esters is 1. The molecule has 282 valence electrons. The Hall–Kier alpha value is -4.63. The molecule has 0 aromatic heterocycles. The fraction of sp³-hybridized carbons (Fsp3) is 0.583. The van der Waals surface area contributed by atoms with Gasteiger partial charge in [-0.15, -0.1) is 0 Å². The number of carbonyl (C=O) groups is 7. The molecule has 1 heterocycles. The van der Waals surface area contributed by atoms with Crippen LogP contribution in [0.15, 0.2) is 36.4 Å². The van der Waals surface area contributed by atoms with Gasteiger partial charge in [-0.1, -0.05) is 46.2 Å². The first-order chi connectivity index (χ1) is 24.3. The molecule has 6 amide bonds. The molecule has 2 atom stereocenters. The van der Waals surface area contributed by atoms with Gasteiger partial charge in [-0.3, -0.25) is 38.5 Å². The Morgan fingerprint density at radius 3 is 2.00 bits per heavy atom. The molecule has 0 saturated carbocycles. The highest BCUT2D eigenvalue weighted by molar-refractivity contribution is 6.12. The molecule has 0 fully saturated rings. The van der Waals surface area contributed by atoms with Gasteiger partial charge < -0.3 is 35.5 Å². The first-order valence-electron chi connectivity index (χ1n) is 17.4. The molecule has 15 nitrogen and oxygen atoms in total. The molecule has 15 heteroatoms. The average molecular weight is 716 g/mol. The molecule has 0 bridgehead atoms. The molecule has 0 radical (unpaired) electrons. The lowest BCUT2D eigenvalue weighted by molar-refractivity contribution is -0.148. The van der Waals surface area contributed by atoms with Crippen LogP contribution in [0.2, 0.25) is 0 Å². The lowest BCUT2D eigenvalue weighted by Crippen LogP contribution is -2.53. The standard InChI is InChI=1S/C36H53N5O10/c1-24(2)33(35(47)38-26(5)34(46)39-28-12-10-27(11-13-28)23-51-36(48)25(3)4)40-30(43)16-19-49-21-22-50-20-17-37-29(42)9-7-6-8-18-41-31(44)14-15-32(41)45/h10-15,24-26,33H,6-9,16-23H2,1-5H3,(H,37,42)(H,38,47)(H,39,46)(H,40,43)/t26-,33-/m0/s1. The number of hydrogen-bond donors (Lipinski definition) is 4. The summed E-state index contributed by atoms with van der Waals surface area (Å²) in [6, 6.07) is 5.08. The number of ether oxygens (including phenoxy) is 3. The van der Waals surface area contributed by atoms with Crippen LogP contribution < -0.4 is 21.3 Å². The smallest absolute Gasteiger partial charge is 0.308 e. The van der Waals surface area contributed by atoms with Gasteiger partial charge in [-0.05, 0) is 43.4 Å². The third-order valence-corrected chi connectivity index (χ3v) is 7.69. The Balaban J connectivity index is 1.54. The highest BCUT2D eigenvalue weighted by Crippen LogP contribution is 2.12. The van der Waals surface area contributed by atoms with E-state index in [1.807, 2.05) is 0 Å². The zero-order chi connectivity index (χ0) is 37.8. The maximum atomic E-state index is 12.9. The summed E-state index contributed by atoms with van der Waals surface area (Å²) in [5, 5.41) is 10.9. The maximum Gasteiger partial charge on any atom is 0.308 e. The third-order valence-electron chi connectivity index (χ3n) is 7.69. The van der Waals surface area contributed by atoms with Gasteiger partial charge in [0, 0.05) is 43.8 Å². The zero-order valence-electron chi connectivity index (χ0n) is 30.3. The predicted molar refractivity (Wildman–Crippen MR) is 188 cm³/mol. The Bertz CT molecular complexity index is 1340. The van der Waals surface area contributed by atoms with Gasteiger partial charge in [0.15, 0.2) is 0 Å². The Labute approximate surface area is 299 Å². The molecule has 4 N–H and O–H groups in total. The topological polar surface area (TPSA) is 199 Å². The summed E-state index contributed by atoms with van der Waals surface area (Å²) in [5.41, 5.74) is 1.28. The SMILES string of the molecule is CC(C)C(=O)OCc1ccc(NC(=O)[C@H](C)NC(=O)[C@@H](NC(=O)CCOCCOCCNC(=O)CCCCCN2C(=O)C=CC2=O)C(C)C)cc1. The number of nitrogens with one attached hydrogen (secondary N) is 4. The molecule has 1 aromatic carbocycles. The van der Waals surface area contributed by atoms with Crippen LogP contribution in [0, 0.1) is 11.8 Å². The molecule has 0 saturated heterocycles. The molecule has 0 unspecified atom stereocenters. The van der Waals surface area contributed by atoms with Crippen LogP contribution >= 0.6 is 0 Å². The van der Waals surface area contributed by atoms with E-state index in [1.165, 1.54) is 17.1 Å². The van der Waals surface area contributed by atoms with Gasteiger partial charge in [0.1, 0.15) is 18.7 Å². The predicted octanol–water partition coefficient (Wildman–Crippen LogP) is 1.99. The lowest BCUT2D eigenvalue weighted by atomic mass is 10.0. The van der Waals surface area contributed by atoms with Crippen LogP contribution in [-0.2, 0) is 54.4 Å². The third kappa shape index (κ3) is 16.8. The minimum Gasteiger partial charge on any atom is -0.461 e. The van der Waals surface area contributed by atoms with E-state index in [-0.39, 0.29) is 74.3 Å². The molecule has 0 spiro atoms. The molecule has 1 aliphatic rings. The van der Waals surface area contributed by atoms with Gasteiger partial charge >= 0.3 is 5.97 Å². The quantitative estimate of drug-likeness (QED) is 0.0698. The fourth-order valence-electron chi connectivity index (χ4n) is 4.63.